The molecular weight excluding hydrogens is 268 g/mol. The van der Waals surface area contributed by atoms with Crippen molar-refractivity contribution in [2.24, 2.45) is 0 Å². The highest BCUT2D eigenvalue weighted by atomic mass is 32.1. The number of allylic oxidation sites excluding steroid dienone is 1. The van der Waals surface area contributed by atoms with Crippen LogP contribution in [-0.4, -0.2) is 10.8 Å². The summed E-state index contributed by atoms with van der Waals surface area (Å²) < 4.78 is 0. The average molecular weight is 284 g/mol. The maximum absolute atomic E-state index is 11.7. The van der Waals surface area contributed by atoms with E-state index >= 15 is 0 Å². The summed E-state index contributed by atoms with van der Waals surface area (Å²) in [6.45, 7) is 0. The fourth-order valence-corrected chi connectivity index (χ4v) is 2.97. The maximum atomic E-state index is 11.7. The van der Waals surface area contributed by atoms with Crippen molar-refractivity contribution < 1.29 is 4.79 Å². The zero-order chi connectivity index (χ0) is 13.8. The molecule has 1 aliphatic rings. The van der Waals surface area contributed by atoms with Crippen molar-refractivity contribution in [3.8, 4) is 11.3 Å². The first kappa shape index (κ1) is 13.1. The van der Waals surface area contributed by atoms with Gasteiger partial charge in [0.1, 0.15) is 0 Å². The number of nitrogens with zero attached hydrogens (tertiary/aromatic N) is 1. The lowest BCUT2D eigenvalue weighted by molar-refractivity contribution is -0.116. The Morgan fingerprint density at radius 2 is 1.95 bits per heavy atom. The molecule has 0 spiro atoms. The summed E-state index contributed by atoms with van der Waals surface area (Å²) in [6.07, 6.45) is 5.51. The molecule has 0 saturated heterocycles. The van der Waals surface area contributed by atoms with Crippen LogP contribution in [-0.2, 0) is 4.79 Å². The normalized spacial score (nSPS) is 17.4. The quantitative estimate of drug-likeness (QED) is 0.857. The Labute approximate surface area is 122 Å². The number of carbonyl (C=O) groups is 1. The molecule has 0 unspecified atom stereocenters. The van der Waals surface area contributed by atoms with E-state index in [1.807, 2.05) is 41.9 Å². The Bertz CT molecular complexity index is 631. The van der Waals surface area contributed by atoms with E-state index in [0.717, 1.165) is 41.2 Å². The molecule has 0 amide bonds. The van der Waals surface area contributed by atoms with E-state index in [-0.39, 0.29) is 5.78 Å². The lowest BCUT2D eigenvalue weighted by Gasteiger charge is -2.12. The molecule has 0 aliphatic heterocycles. The molecule has 1 heterocycles. The second-order valence-corrected chi connectivity index (χ2v) is 5.71. The molecule has 1 aromatic carbocycles. The van der Waals surface area contributed by atoms with Crippen LogP contribution in [0.5, 0.6) is 0 Å². The van der Waals surface area contributed by atoms with Gasteiger partial charge in [-0.25, -0.2) is 4.98 Å². The van der Waals surface area contributed by atoms with E-state index < -0.39 is 0 Å². The summed E-state index contributed by atoms with van der Waals surface area (Å²) in [5.74, 6) is 0.267. The van der Waals surface area contributed by atoms with Crippen LogP contribution >= 0.6 is 11.3 Å². The van der Waals surface area contributed by atoms with Crippen molar-refractivity contribution >= 4 is 22.3 Å². The van der Waals surface area contributed by atoms with Crippen LogP contribution < -0.4 is 5.32 Å². The van der Waals surface area contributed by atoms with Gasteiger partial charge in [0, 0.05) is 29.1 Å². The molecule has 0 atom stereocenters. The number of rotatable bonds is 3. The number of benzene rings is 1. The predicted octanol–water partition coefficient (Wildman–Crippen LogP) is 4.25. The van der Waals surface area contributed by atoms with Gasteiger partial charge in [-0.1, -0.05) is 30.3 Å². The summed E-state index contributed by atoms with van der Waals surface area (Å²) in [7, 11) is 0. The molecule has 1 N–H and O–H groups in total. The standard InChI is InChI=1S/C16H16N2OS/c19-15-9-5-4-8-13(15)10-17-16-18-14(11-20-16)12-6-2-1-3-7-12/h1-3,6-7,10-11H,4-5,8-9H2,(H,17,18)/b13-10-. The van der Waals surface area contributed by atoms with E-state index in [9.17, 15) is 4.79 Å². The van der Waals surface area contributed by atoms with E-state index in [1.165, 1.54) is 0 Å². The molecule has 1 fully saturated rings. The lowest BCUT2D eigenvalue weighted by atomic mass is 9.94. The summed E-state index contributed by atoms with van der Waals surface area (Å²) in [5.41, 5.74) is 2.97. The number of hydrogen-bond acceptors (Lipinski definition) is 4. The third kappa shape index (κ3) is 2.96. The highest BCUT2D eigenvalue weighted by Crippen LogP contribution is 2.25. The van der Waals surface area contributed by atoms with Crippen LogP contribution in [0.15, 0.2) is 47.5 Å². The molecule has 3 nitrogen and oxygen atoms in total. The summed E-state index contributed by atoms with van der Waals surface area (Å²) >= 11 is 1.56. The molecule has 0 radical (unpaired) electrons. The van der Waals surface area contributed by atoms with Gasteiger partial charge in [-0.15, -0.1) is 11.3 Å². The van der Waals surface area contributed by atoms with Crippen molar-refractivity contribution in [1.29, 1.82) is 0 Å². The summed E-state index contributed by atoms with van der Waals surface area (Å²) in [5, 5.41) is 6.01. The minimum Gasteiger partial charge on any atom is -0.338 e. The van der Waals surface area contributed by atoms with Gasteiger partial charge in [0.2, 0.25) is 0 Å². The number of nitrogens with one attached hydrogen (secondary N) is 1. The monoisotopic (exact) mass is 284 g/mol. The Hall–Kier alpha value is -1.94. The highest BCUT2D eigenvalue weighted by Gasteiger charge is 2.14. The molecule has 102 valence electrons. The molecule has 1 saturated carbocycles. The Morgan fingerprint density at radius 3 is 2.75 bits per heavy atom. The smallest absolute Gasteiger partial charge is 0.187 e. The van der Waals surface area contributed by atoms with Gasteiger partial charge in [0.25, 0.3) is 0 Å². The van der Waals surface area contributed by atoms with Crippen LogP contribution in [0.1, 0.15) is 25.7 Å². The molecule has 0 bridgehead atoms. The van der Waals surface area contributed by atoms with Gasteiger partial charge < -0.3 is 5.32 Å². The predicted molar refractivity (Wildman–Crippen MR) is 82.7 cm³/mol. The third-order valence-corrected chi connectivity index (χ3v) is 4.18. The number of hydrogen-bond donors (Lipinski definition) is 1. The van der Waals surface area contributed by atoms with Crippen molar-refractivity contribution in [2.45, 2.75) is 25.7 Å². The molecule has 20 heavy (non-hydrogen) atoms. The Kier molecular flexibility index (Phi) is 3.92. The van der Waals surface area contributed by atoms with Crippen LogP contribution in [0.25, 0.3) is 11.3 Å². The van der Waals surface area contributed by atoms with Crippen LogP contribution in [0.2, 0.25) is 0 Å². The van der Waals surface area contributed by atoms with Gasteiger partial charge in [0.15, 0.2) is 10.9 Å². The van der Waals surface area contributed by atoms with Crippen molar-refractivity contribution in [3.63, 3.8) is 0 Å². The maximum Gasteiger partial charge on any atom is 0.187 e. The zero-order valence-corrected chi connectivity index (χ0v) is 12.0. The Morgan fingerprint density at radius 1 is 1.15 bits per heavy atom. The van der Waals surface area contributed by atoms with E-state index in [4.69, 9.17) is 0 Å². The van der Waals surface area contributed by atoms with Crippen molar-refractivity contribution in [1.82, 2.24) is 4.98 Å². The van der Waals surface area contributed by atoms with Gasteiger partial charge in [-0.3, -0.25) is 4.79 Å². The van der Waals surface area contributed by atoms with Crippen LogP contribution in [0, 0.1) is 0 Å². The van der Waals surface area contributed by atoms with Crippen molar-refractivity contribution in [2.75, 3.05) is 5.32 Å². The first-order chi connectivity index (χ1) is 9.83. The molecule has 3 rings (SSSR count). The largest absolute Gasteiger partial charge is 0.338 e. The lowest BCUT2D eigenvalue weighted by Crippen LogP contribution is -2.09. The number of thiazole rings is 1. The summed E-state index contributed by atoms with van der Waals surface area (Å²) in [6, 6.07) is 10.1. The topological polar surface area (TPSA) is 42.0 Å². The molecule has 4 heteroatoms. The Balaban J connectivity index is 1.72. The minimum absolute atomic E-state index is 0.267. The molecule has 1 aromatic heterocycles. The van der Waals surface area contributed by atoms with Gasteiger partial charge in [0.05, 0.1) is 5.69 Å². The fourth-order valence-electron chi connectivity index (χ4n) is 2.28. The van der Waals surface area contributed by atoms with Crippen LogP contribution in [0.3, 0.4) is 0 Å². The van der Waals surface area contributed by atoms with E-state index in [0.29, 0.717) is 6.42 Å². The molecule has 1 aliphatic carbocycles. The summed E-state index contributed by atoms with van der Waals surface area (Å²) in [4.78, 5) is 16.3. The number of ketones is 1. The number of carbonyl (C=O) groups excluding carboxylic acids is 1. The number of anilines is 1. The first-order valence-electron chi connectivity index (χ1n) is 6.82. The van der Waals surface area contributed by atoms with E-state index in [2.05, 4.69) is 10.3 Å². The second-order valence-electron chi connectivity index (χ2n) is 4.85. The van der Waals surface area contributed by atoms with E-state index in [1.54, 1.807) is 11.3 Å². The minimum atomic E-state index is 0.267. The van der Waals surface area contributed by atoms with Crippen LogP contribution in [0.4, 0.5) is 5.13 Å². The fraction of sp³-hybridized carbons (Fsp3) is 0.250. The van der Waals surface area contributed by atoms with Gasteiger partial charge in [-0.2, -0.15) is 0 Å². The average Bonchev–Trinajstić information content (AvgIpc) is 2.96. The number of Topliss-reactive ketones (excluding diaryl/α,β-unsaturated/α-hetero) is 1. The second kappa shape index (κ2) is 6.01. The SMILES string of the molecule is O=C1CCCC/C1=C/Nc1nc(-c2ccccc2)cs1. The molecule has 2 aromatic rings. The highest BCUT2D eigenvalue weighted by molar-refractivity contribution is 7.14. The molecular formula is C16H16N2OS. The number of aromatic nitrogens is 1. The van der Waals surface area contributed by atoms with Crippen molar-refractivity contribution in [3.05, 3.63) is 47.5 Å². The third-order valence-electron chi connectivity index (χ3n) is 3.40. The first-order valence-corrected chi connectivity index (χ1v) is 7.70. The zero-order valence-electron chi connectivity index (χ0n) is 11.1. The van der Waals surface area contributed by atoms with Gasteiger partial charge >= 0.3 is 0 Å². The van der Waals surface area contributed by atoms with Gasteiger partial charge in [-0.05, 0) is 19.3 Å².